The van der Waals surface area contributed by atoms with E-state index in [-0.39, 0.29) is 24.8 Å². The van der Waals surface area contributed by atoms with Crippen molar-refractivity contribution in [2.24, 2.45) is 17.6 Å². The number of carbonyl (C=O) groups is 4. The molecule has 0 aromatic carbocycles. The molecule has 28 heavy (non-hydrogen) atoms. The Morgan fingerprint density at radius 2 is 1.68 bits per heavy atom. The quantitative estimate of drug-likeness (QED) is 0.281. The maximum Gasteiger partial charge on any atom is 0.326 e. The monoisotopic (exact) mass is 418 g/mol. The van der Waals surface area contributed by atoms with Gasteiger partial charge in [0, 0.05) is 0 Å². The SMILES string of the molecule is CCC(C)C(N)C(=O)NC(C(=O)NCC(=O)NC(CCSC)C(=O)O)C(C)C. The molecule has 0 aliphatic carbocycles. The molecule has 0 spiro atoms. The van der Waals surface area contributed by atoms with Crippen molar-refractivity contribution < 1.29 is 24.3 Å². The predicted octanol–water partition coefficient (Wildman–Crippen LogP) is -0.0607. The van der Waals surface area contributed by atoms with E-state index in [1.807, 2.05) is 20.1 Å². The number of carboxylic acid groups (broad SMARTS) is 1. The van der Waals surface area contributed by atoms with Gasteiger partial charge in [0.15, 0.2) is 0 Å². The van der Waals surface area contributed by atoms with Gasteiger partial charge in [-0.3, -0.25) is 14.4 Å². The second kappa shape index (κ2) is 13.4. The Hall–Kier alpha value is -1.81. The van der Waals surface area contributed by atoms with Gasteiger partial charge >= 0.3 is 5.97 Å². The summed E-state index contributed by atoms with van der Waals surface area (Å²) in [4.78, 5) is 47.8. The van der Waals surface area contributed by atoms with Crippen molar-refractivity contribution in [3.05, 3.63) is 0 Å². The summed E-state index contributed by atoms with van der Waals surface area (Å²) in [6.45, 7) is 6.93. The van der Waals surface area contributed by atoms with Crippen LogP contribution in [0.2, 0.25) is 0 Å². The van der Waals surface area contributed by atoms with E-state index in [1.165, 1.54) is 11.8 Å². The average Bonchev–Trinajstić information content (AvgIpc) is 2.65. The highest BCUT2D eigenvalue weighted by molar-refractivity contribution is 7.98. The number of hydrogen-bond donors (Lipinski definition) is 5. The fourth-order valence-corrected chi connectivity index (χ4v) is 2.78. The lowest BCUT2D eigenvalue weighted by molar-refractivity contribution is -0.141. The molecular formula is C18H34N4O5S. The molecule has 0 heterocycles. The Morgan fingerprint density at radius 3 is 2.14 bits per heavy atom. The topological polar surface area (TPSA) is 151 Å². The van der Waals surface area contributed by atoms with E-state index >= 15 is 0 Å². The fraction of sp³-hybridized carbons (Fsp3) is 0.778. The Kier molecular flexibility index (Phi) is 12.5. The molecule has 4 atom stereocenters. The molecule has 9 nitrogen and oxygen atoms in total. The number of hydrogen-bond acceptors (Lipinski definition) is 6. The molecule has 162 valence electrons. The van der Waals surface area contributed by atoms with Crippen LogP contribution < -0.4 is 21.7 Å². The standard InChI is InChI=1S/C18H34N4O5S/c1-6-11(4)14(19)16(24)22-15(10(2)3)17(25)20-9-13(23)21-12(18(26)27)7-8-28-5/h10-12,14-15H,6-9,19H2,1-5H3,(H,20,25)(H,21,23)(H,22,24)(H,26,27). The van der Waals surface area contributed by atoms with Crippen LogP contribution in [0.4, 0.5) is 0 Å². The maximum atomic E-state index is 12.4. The first-order valence-electron chi connectivity index (χ1n) is 9.39. The van der Waals surface area contributed by atoms with Gasteiger partial charge in [0.25, 0.3) is 0 Å². The lowest BCUT2D eigenvalue weighted by Crippen LogP contribution is -2.56. The number of aliphatic carboxylic acids is 1. The summed E-state index contributed by atoms with van der Waals surface area (Å²) in [5.74, 6) is -2.34. The lowest BCUT2D eigenvalue weighted by atomic mass is 9.97. The Labute approximate surface area is 170 Å². The first-order chi connectivity index (χ1) is 13.0. The first-order valence-corrected chi connectivity index (χ1v) is 10.8. The van der Waals surface area contributed by atoms with Gasteiger partial charge in [-0.05, 0) is 30.3 Å². The van der Waals surface area contributed by atoms with E-state index in [2.05, 4.69) is 16.0 Å². The number of carbonyl (C=O) groups excluding carboxylic acids is 3. The van der Waals surface area contributed by atoms with Crippen LogP contribution in [-0.4, -0.2) is 65.5 Å². The molecule has 10 heteroatoms. The zero-order chi connectivity index (χ0) is 21.9. The average molecular weight is 419 g/mol. The van der Waals surface area contributed by atoms with E-state index in [0.717, 1.165) is 6.42 Å². The van der Waals surface area contributed by atoms with Gasteiger partial charge in [-0.1, -0.05) is 34.1 Å². The molecule has 0 aliphatic rings. The Bertz CT molecular complexity index is 544. The summed E-state index contributed by atoms with van der Waals surface area (Å²) < 4.78 is 0. The van der Waals surface area contributed by atoms with Crippen LogP contribution >= 0.6 is 11.8 Å². The predicted molar refractivity (Wildman–Crippen MR) is 110 cm³/mol. The summed E-state index contributed by atoms with van der Waals surface area (Å²) in [6.07, 6.45) is 2.86. The summed E-state index contributed by atoms with van der Waals surface area (Å²) in [5, 5.41) is 16.6. The number of thioether (sulfide) groups is 1. The van der Waals surface area contributed by atoms with Gasteiger partial charge < -0.3 is 26.8 Å². The minimum Gasteiger partial charge on any atom is -0.480 e. The Morgan fingerprint density at radius 1 is 1.07 bits per heavy atom. The summed E-state index contributed by atoms with van der Waals surface area (Å²) >= 11 is 1.48. The molecular weight excluding hydrogens is 384 g/mol. The molecule has 4 unspecified atom stereocenters. The van der Waals surface area contributed by atoms with E-state index in [4.69, 9.17) is 10.8 Å². The molecule has 0 aromatic heterocycles. The third-order valence-corrected chi connectivity index (χ3v) is 5.12. The van der Waals surface area contributed by atoms with Crippen molar-refractivity contribution in [3.8, 4) is 0 Å². The van der Waals surface area contributed by atoms with Gasteiger partial charge in [0.1, 0.15) is 12.1 Å². The molecule has 0 saturated carbocycles. The van der Waals surface area contributed by atoms with Crippen molar-refractivity contribution in [1.29, 1.82) is 0 Å². The number of amides is 3. The lowest BCUT2D eigenvalue weighted by Gasteiger charge is -2.25. The zero-order valence-corrected chi connectivity index (χ0v) is 18.1. The molecule has 0 bridgehead atoms. The van der Waals surface area contributed by atoms with Gasteiger partial charge in [0.05, 0.1) is 12.6 Å². The number of rotatable bonds is 13. The van der Waals surface area contributed by atoms with Crippen molar-refractivity contribution in [2.45, 2.75) is 58.7 Å². The maximum absolute atomic E-state index is 12.4. The molecule has 0 saturated heterocycles. The smallest absolute Gasteiger partial charge is 0.326 e. The number of carboxylic acids is 1. The number of nitrogens with two attached hydrogens (primary N) is 1. The molecule has 0 fully saturated rings. The Balaban J connectivity index is 4.74. The normalized spacial score (nSPS) is 15.2. The third-order valence-electron chi connectivity index (χ3n) is 4.47. The van der Waals surface area contributed by atoms with Gasteiger partial charge in [-0.25, -0.2) is 4.79 Å². The second-order valence-electron chi connectivity index (χ2n) is 7.10. The molecule has 0 aromatic rings. The van der Waals surface area contributed by atoms with E-state index in [0.29, 0.717) is 5.75 Å². The van der Waals surface area contributed by atoms with Crippen LogP contribution in [0.1, 0.15) is 40.5 Å². The first kappa shape index (κ1) is 26.2. The van der Waals surface area contributed by atoms with E-state index < -0.39 is 41.8 Å². The van der Waals surface area contributed by atoms with E-state index in [1.54, 1.807) is 13.8 Å². The number of nitrogens with one attached hydrogen (secondary N) is 3. The van der Waals surface area contributed by atoms with Crippen molar-refractivity contribution in [1.82, 2.24) is 16.0 Å². The minimum atomic E-state index is -1.12. The second-order valence-corrected chi connectivity index (χ2v) is 8.08. The molecule has 6 N–H and O–H groups in total. The summed E-state index contributed by atoms with van der Waals surface area (Å²) in [6, 6.07) is -2.58. The van der Waals surface area contributed by atoms with Crippen molar-refractivity contribution >= 4 is 35.5 Å². The van der Waals surface area contributed by atoms with Crippen LogP contribution in [0.3, 0.4) is 0 Å². The highest BCUT2D eigenvalue weighted by atomic mass is 32.2. The zero-order valence-electron chi connectivity index (χ0n) is 17.3. The van der Waals surface area contributed by atoms with Crippen LogP contribution in [0.15, 0.2) is 0 Å². The van der Waals surface area contributed by atoms with Gasteiger partial charge in [-0.2, -0.15) is 11.8 Å². The van der Waals surface area contributed by atoms with Crippen LogP contribution in [0, 0.1) is 11.8 Å². The van der Waals surface area contributed by atoms with Crippen LogP contribution in [0.5, 0.6) is 0 Å². The third kappa shape index (κ3) is 9.41. The molecule has 3 amide bonds. The summed E-state index contributed by atoms with van der Waals surface area (Å²) in [7, 11) is 0. The van der Waals surface area contributed by atoms with Crippen molar-refractivity contribution in [2.75, 3.05) is 18.6 Å². The van der Waals surface area contributed by atoms with Gasteiger partial charge in [-0.15, -0.1) is 0 Å². The fourth-order valence-electron chi connectivity index (χ4n) is 2.31. The van der Waals surface area contributed by atoms with Crippen LogP contribution in [0.25, 0.3) is 0 Å². The molecule has 0 rings (SSSR count). The van der Waals surface area contributed by atoms with Crippen LogP contribution in [-0.2, 0) is 19.2 Å². The minimum absolute atomic E-state index is 0.0316. The summed E-state index contributed by atoms with van der Waals surface area (Å²) in [5.41, 5.74) is 5.90. The molecule has 0 aliphatic heterocycles. The van der Waals surface area contributed by atoms with E-state index in [9.17, 15) is 19.2 Å². The van der Waals surface area contributed by atoms with Gasteiger partial charge in [0.2, 0.25) is 17.7 Å². The largest absolute Gasteiger partial charge is 0.480 e. The highest BCUT2D eigenvalue weighted by Gasteiger charge is 2.28. The molecule has 0 radical (unpaired) electrons. The highest BCUT2D eigenvalue weighted by Crippen LogP contribution is 2.08. The van der Waals surface area contributed by atoms with Crippen molar-refractivity contribution in [3.63, 3.8) is 0 Å².